The average molecular weight is 269 g/mol. The van der Waals surface area contributed by atoms with Gasteiger partial charge < -0.3 is 11.1 Å². The monoisotopic (exact) mass is 269 g/mol. The second kappa shape index (κ2) is 5.81. The van der Waals surface area contributed by atoms with E-state index in [1.165, 1.54) is 6.92 Å². The maximum absolute atomic E-state index is 11.8. The fourth-order valence-electron chi connectivity index (χ4n) is 2.99. The van der Waals surface area contributed by atoms with E-state index in [1.54, 1.807) is 6.08 Å². The number of carbonyl (C=O) groups excluding carboxylic acids is 2. The lowest BCUT2D eigenvalue weighted by molar-refractivity contribution is -0.488. The number of hydrogen-bond donors (Lipinski definition) is 2. The molecule has 106 valence electrons. The van der Waals surface area contributed by atoms with Crippen molar-refractivity contribution < 1.29 is 14.5 Å². The molecule has 0 heterocycles. The first-order valence-corrected chi connectivity index (χ1v) is 6.13. The Morgan fingerprint density at radius 2 is 2.26 bits per heavy atom. The van der Waals surface area contributed by atoms with Crippen LogP contribution in [0.1, 0.15) is 26.2 Å². The smallest absolute Gasteiger partial charge is 0.243 e. The van der Waals surface area contributed by atoms with E-state index < -0.39 is 16.4 Å². The summed E-state index contributed by atoms with van der Waals surface area (Å²) in [5.74, 6) is -1.51. The minimum Gasteiger partial charge on any atom is -0.368 e. The summed E-state index contributed by atoms with van der Waals surface area (Å²) >= 11 is 0. The molecule has 1 aliphatic rings. The number of carbonyl (C=O) groups is 2. The highest BCUT2D eigenvalue weighted by Crippen LogP contribution is 2.42. The van der Waals surface area contributed by atoms with Gasteiger partial charge in [-0.15, -0.1) is 6.58 Å². The summed E-state index contributed by atoms with van der Waals surface area (Å²) in [7, 11) is 0. The Morgan fingerprint density at radius 3 is 2.68 bits per heavy atom. The van der Waals surface area contributed by atoms with Gasteiger partial charge in [-0.3, -0.25) is 19.7 Å². The van der Waals surface area contributed by atoms with Crippen molar-refractivity contribution in [3.63, 3.8) is 0 Å². The van der Waals surface area contributed by atoms with Gasteiger partial charge in [0.05, 0.1) is 0 Å². The van der Waals surface area contributed by atoms with Crippen molar-refractivity contribution in [1.82, 2.24) is 5.32 Å². The van der Waals surface area contributed by atoms with Crippen molar-refractivity contribution in [3.8, 4) is 0 Å². The fourth-order valence-corrected chi connectivity index (χ4v) is 2.99. The van der Waals surface area contributed by atoms with E-state index in [0.717, 1.165) is 0 Å². The molecule has 0 aliphatic heterocycles. The number of nitrogens with zero attached hydrogens (tertiary/aromatic N) is 1. The van der Waals surface area contributed by atoms with E-state index in [9.17, 15) is 19.7 Å². The average Bonchev–Trinajstić information content (AvgIpc) is 2.56. The minimum absolute atomic E-state index is 0.210. The van der Waals surface area contributed by atoms with E-state index in [2.05, 4.69) is 11.9 Å². The van der Waals surface area contributed by atoms with Gasteiger partial charge in [-0.2, -0.15) is 0 Å². The molecule has 1 rings (SSSR count). The van der Waals surface area contributed by atoms with Crippen molar-refractivity contribution in [2.75, 3.05) is 6.54 Å². The van der Waals surface area contributed by atoms with Crippen LogP contribution < -0.4 is 11.1 Å². The quantitative estimate of drug-likeness (QED) is 0.408. The van der Waals surface area contributed by atoms with Crippen LogP contribution in [0.5, 0.6) is 0 Å². The SMILES string of the molecule is C=CC[C@H]1C[C@H](C[N+](=O)[O-])C[C@@]1(NC(C)=O)C(N)=O. The predicted molar refractivity (Wildman–Crippen MR) is 68.6 cm³/mol. The maximum atomic E-state index is 11.8. The lowest BCUT2D eigenvalue weighted by Crippen LogP contribution is -2.59. The van der Waals surface area contributed by atoms with Crippen molar-refractivity contribution in [2.24, 2.45) is 17.6 Å². The molecule has 19 heavy (non-hydrogen) atoms. The summed E-state index contributed by atoms with van der Waals surface area (Å²) in [6.07, 6.45) is 2.81. The molecule has 1 saturated carbocycles. The Bertz CT molecular complexity index is 410. The molecule has 0 saturated heterocycles. The molecule has 7 nitrogen and oxygen atoms in total. The predicted octanol–water partition coefficient (Wildman–Crippen LogP) is 0.226. The third-order valence-corrected chi connectivity index (χ3v) is 3.62. The highest BCUT2D eigenvalue weighted by atomic mass is 16.6. The topological polar surface area (TPSA) is 115 Å². The first kappa shape index (κ1) is 15.1. The van der Waals surface area contributed by atoms with Gasteiger partial charge in [0.2, 0.25) is 18.4 Å². The number of allylic oxidation sites excluding steroid dienone is 1. The lowest BCUT2D eigenvalue weighted by atomic mass is 9.83. The molecule has 0 spiro atoms. The Kier molecular flexibility index (Phi) is 4.63. The van der Waals surface area contributed by atoms with Gasteiger partial charge in [-0.25, -0.2) is 0 Å². The molecule has 1 fully saturated rings. The molecular weight excluding hydrogens is 250 g/mol. The number of rotatable bonds is 6. The molecule has 1 aliphatic carbocycles. The highest BCUT2D eigenvalue weighted by Gasteiger charge is 2.52. The number of nitro groups is 1. The number of primary amides is 1. The number of nitrogens with one attached hydrogen (secondary N) is 1. The van der Waals surface area contributed by atoms with E-state index in [-0.39, 0.29) is 30.7 Å². The Labute approximate surface area is 111 Å². The van der Waals surface area contributed by atoms with Crippen molar-refractivity contribution in [2.45, 2.75) is 31.7 Å². The normalized spacial score (nSPS) is 29.7. The summed E-state index contributed by atoms with van der Waals surface area (Å²) < 4.78 is 0. The van der Waals surface area contributed by atoms with E-state index in [1.807, 2.05) is 0 Å². The molecule has 7 heteroatoms. The molecule has 0 aromatic heterocycles. The van der Waals surface area contributed by atoms with E-state index in [0.29, 0.717) is 12.8 Å². The zero-order valence-corrected chi connectivity index (χ0v) is 10.9. The Hall–Kier alpha value is -1.92. The first-order chi connectivity index (χ1) is 8.81. The molecular formula is C12H19N3O4. The number of nitrogens with two attached hydrogens (primary N) is 1. The van der Waals surface area contributed by atoms with Gasteiger partial charge in [-0.05, 0) is 25.2 Å². The second-order valence-electron chi connectivity index (χ2n) is 5.06. The van der Waals surface area contributed by atoms with Crippen LogP contribution in [0.15, 0.2) is 12.7 Å². The van der Waals surface area contributed by atoms with Crippen LogP contribution in [0, 0.1) is 22.0 Å². The number of amides is 2. The number of hydrogen-bond acceptors (Lipinski definition) is 4. The first-order valence-electron chi connectivity index (χ1n) is 6.13. The van der Waals surface area contributed by atoms with E-state index in [4.69, 9.17) is 5.73 Å². The van der Waals surface area contributed by atoms with Crippen LogP contribution in [0.25, 0.3) is 0 Å². The van der Waals surface area contributed by atoms with Crippen molar-refractivity contribution in [3.05, 3.63) is 22.8 Å². The van der Waals surface area contributed by atoms with Gasteiger partial charge in [0.1, 0.15) is 5.54 Å². The maximum Gasteiger partial charge on any atom is 0.243 e. The molecule has 0 unspecified atom stereocenters. The van der Waals surface area contributed by atoms with Gasteiger partial charge in [0, 0.05) is 17.8 Å². The Morgan fingerprint density at radius 1 is 1.63 bits per heavy atom. The fraction of sp³-hybridized carbons (Fsp3) is 0.667. The molecule has 0 aromatic rings. The van der Waals surface area contributed by atoms with Crippen molar-refractivity contribution >= 4 is 11.8 Å². The zero-order valence-electron chi connectivity index (χ0n) is 10.9. The standard InChI is InChI=1S/C12H19N3O4/c1-3-4-10-5-9(7-15(18)19)6-12(10,11(13)17)14-8(2)16/h3,9-10H,1,4-7H2,2H3,(H2,13,17)(H,14,16)/t9-,10-,12-/m0/s1. The van der Waals surface area contributed by atoms with Gasteiger partial charge in [-0.1, -0.05) is 6.08 Å². The Balaban J connectivity index is 3.02. The van der Waals surface area contributed by atoms with Crippen LogP contribution in [0.2, 0.25) is 0 Å². The lowest BCUT2D eigenvalue weighted by Gasteiger charge is -2.32. The van der Waals surface area contributed by atoms with Crippen molar-refractivity contribution in [1.29, 1.82) is 0 Å². The summed E-state index contributed by atoms with van der Waals surface area (Å²) in [6.45, 7) is 4.70. The van der Waals surface area contributed by atoms with Crippen LogP contribution in [-0.4, -0.2) is 28.8 Å². The molecule has 0 bridgehead atoms. The largest absolute Gasteiger partial charge is 0.368 e. The van der Waals surface area contributed by atoms with Crippen LogP contribution in [0.3, 0.4) is 0 Å². The highest BCUT2D eigenvalue weighted by molar-refractivity contribution is 5.90. The molecule has 3 atom stereocenters. The molecule has 0 aromatic carbocycles. The van der Waals surface area contributed by atoms with E-state index >= 15 is 0 Å². The van der Waals surface area contributed by atoms with Gasteiger partial charge in [0.15, 0.2) is 0 Å². The summed E-state index contributed by atoms with van der Waals surface area (Å²) in [6, 6.07) is 0. The molecule has 2 amide bonds. The summed E-state index contributed by atoms with van der Waals surface area (Å²) in [5.41, 5.74) is 4.24. The molecule has 3 N–H and O–H groups in total. The van der Waals surface area contributed by atoms with Crippen LogP contribution in [-0.2, 0) is 9.59 Å². The van der Waals surface area contributed by atoms with Gasteiger partial charge in [0.25, 0.3) is 0 Å². The van der Waals surface area contributed by atoms with Gasteiger partial charge >= 0.3 is 0 Å². The summed E-state index contributed by atoms with van der Waals surface area (Å²) in [4.78, 5) is 33.3. The third-order valence-electron chi connectivity index (χ3n) is 3.62. The minimum atomic E-state index is -1.19. The third kappa shape index (κ3) is 3.30. The molecule has 0 radical (unpaired) electrons. The van der Waals surface area contributed by atoms with Crippen LogP contribution >= 0.6 is 0 Å². The zero-order chi connectivity index (χ0) is 14.6. The van der Waals surface area contributed by atoms with Crippen LogP contribution in [0.4, 0.5) is 0 Å². The summed E-state index contributed by atoms with van der Waals surface area (Å²) in [5, 5.41) is 13.2. The second-order valence-corrected chi connectivity index (χ2v) is 5.06.